The van der Waals surface area contributed by atoms with Gasteiger partial charge in [-0.25, -0.2) is 0 Å². The van der Waals surface area contributed by atoms with Crippen molar-refractivity contribution in [2.24, 2.45) is 0 Å². The molecule has 0 fully saturated rings. The van der Waals surface area contributed by atoms with Gasteiger partial charge in [-0.05, 0) is 28.7 Å². The second kappa shape index (κ2) is 5.14. The third-order valence-corrected chi connectivity index (χ3v) is 6.58. The van der Waals surface area contributed by atoms with Crippen LogP contribution in [0.2, 0.25) is 0 Å². The van der Waals surface area contributed by atoms with Crippen LogP contribution in [0.1, 0.15) is 11.1 Å². The minimum atomic E-state index is -2.74. The van der Waals surface area contributed by atoms with E-state index in [-0.39, 0.29) is 0 Å². The zero-order chi connectivity index (χ0) is 14.2. The minimum absolute atomic E-state index is 0.959. The summed E-state index contributed by atoms with van der Waals surface area (Å²) >= 11 is 0. The maximum atomic E-state index is 5.55. The zero-order valence-corrected chi connectivity index (χ0v) is 13.0. The summed E-state index contributed by atoms with van der Waals surface area (Å²) in [7, 11) is 2.18. The summed E-state index contributed by atoms with van der Waals surface area (Å²) in [6.45, 7) is 0. The predicted molar refractivity (Wildman–Crippen MR) is 81.1 cm³/mol. The summed E-state index contributed by atoms with van der Waals surface area (Å²) in [6.07, 6.45) is 0.959. The number of fused-ring (bicyclic) bond motifs is 3. The van der Waals surface area contributed by atoms with Gasteiger partial charge in [0.2, 0.25) is 0 Å². The zero-order valence-electron chi connectivity index (χ0n) is 12.0. The van der Waals surface area contributed by atoms with Gasteiger partial charge in [0, 0.05) is 26.5 Å². The number of rotatable bonds is 4. The van der Waals surface area contributed by atoms with E-state index in [0.29, 0.717) is 0 Å². The first-order chi connectivity index (χ1) is 9.74. The second-order valence-electron chi connectivity index (χ2n) is 4.87. The molecule has 0 saturated carbocycles. The Balaban J connectivity index is 2.07. The molecule has 20 heavy (non-hydrogen) atoms. The molecule has 0 aromatic heterocycles. The maximum Gasteiger partial charge on any atom is 0.536 e. The van der Waals surface area contributed by atoms with Crippen LogP contribution in [0.3, 0.4) is 0 Å². The normalized spacial score (nSPS) is 13.2. The van der Waals surface area contributed by atoms with Gasteiger partial charge in [-0.3, -0.25) is 0 Å². The second-order valence-corrected chi connectivity index (χ2v) is 7.79. The average molecular weight is 286 g/mol. The van der Waals surface area contributed by atoms with Crippen LogP contribution in [0.5, 0.6) is 0 Å². The van der Waals surface area contributed by atoms with Gasteiger partial charge in [0.15, 0.2) is 0 Å². The molecule has 0 saturated heterocycles. The SMILES string of the molecule is CO[Si](OC)(OC)c1ccc2c(c1)Cc1ccccc1-2. The van der Waals surface area contributed by atoms with Crippen LogP contribution in [0.25, 0.3) is 11.1 Å². The highest BCUT2D eigenvalue weighted by Crippen LogP contribution is 2.35. The molecule has 0 bridgehead atoms. The van der Waals surface area contributed by atoms with Crippen molar-refractivity contribution in [3.05, 3.63) is 53.6 Å². The Hall–Kier alpha value is -1.46. The maximum absolute atomic E-state index is 5.55. The molecule has 2 aromatic carbocycles. The summed E-state index contributed by atoms with van der Waals surface area (Å²) < 4.78 is 16.7. The fourth-order valence-electron chi connectivity index (χ4n) is 2.94. The number of benzene rings is 2. The van der Waals surface area contributed by atoms with Gasteiger partial charge in [-0.1, -0.05) is 42.5 Å². The Bertz CT molecular complexity index is 627. The lowest BCUT2D eigenvalue weighted by Crippen LogP contribution is -2.54. The van der Waals surface area contributed by atoms with Crippen molar-refractivity contribution >= 4 is 14.0 Å². The van der Waals surface area contributed by atoms with E-state index >= 15 is 0 Å². The third kappa shape index (κ3) is 1.93. The highest BCUT2D eigenvalue weighted by atomic mass is 28.4. The molecular formula is C16H18O3Si. The van der Waals surface area contributed by atoms with Crippen molar-refractivity contribution in [1.82, 2.24) is 0 Å². The van der Waals surface area contributed by atoms with E-state index in [0.717, 1.165) is 11.6 Å². The molecule has 104 valence electrons. The molecule has 2 aromatic rings. The molecule has 0 aliphatic heterocycles. The molecule has 0 N–H and O–H groups in total. The van der Waals surface area contributed by atoms with Gasteiger partial charge in [0.25, 0.3) is 0 Å². The number of hydrogen-bond donors (Lipinski definition) is 0. The molecule has 3 rings (SSSR count). The van der Waals surface area contributed by atoms with E-state index < -0.39 is 8.80 Å². The van der Waals surface area contributed by atoms with E-state index in [1.165, 1.54) is 22.3 Å². The van der Waals surface area contributed by atoms with Gasteiger partial charge >= 0.3 is 8.80 Å². The van der Waals surface area contributed by atoms with Gasteiger partial charge in [-0.2, -0.15) is 0 Å². The lowest BCUT2D eigenvalue weighted by molar-refractivity contribution is 0.140. The summed E-state index contributed by atoms with van der Waals surface area (Å²) in [6, 6.07) is 14.9. The monoisotopic (exact) mass is 286 g/mol. The van der Waals surface area contributed by atoms with Crippen molar-refractivity contribution < 1.29 is 13.3 Å². The lowest BCUT2D eigenvalue weighted by atomic mass is 10.1. The molecule has 0 unspecified atom stereocenters. The molecule has 1 aliphatic rings. The Labute approximate surface area is 120 Å². The van der Waals surface area contributed by atoms with E-state index in [1.54, 1.807) is 21.3 Å². The van der Waals surface area contributed by atoms with Crippen LogP contribution >= 0.6 is 0 Å². The van der Waals surface area contributed by atoms with Crippen molar-refractivity contribution in [2.75, 3.05) is 21.3 Å². The van der Waals surface area contributed by atoms with Crippen LogP contribution in [0.4, 0.5) is 0 Å². The molecule has 0 heterocycles. The van der Waals surface area contributed by atoms with Crippen LogP contribution in [-0.2, 0) is 19.7 Å². The quantitative estimate of drug-likeness (QED) is 0.689. The largest absolute Gasteiger partial charge is 0.536 e. The topological polar surface area (TPSA) is 27.7 Å². The Morgan fingerprint density at radius 3 is 2.15 bits per heavy atom. The minimum Gasteiger partial charge on any atom is -0.373 e. The summed E-state index contributed by atoms with van der Waals surface area (Å²) in [4.78, 5) is 0. The van der Waals surface area contributed by atoms with Crippen molar-refractivity contribution in [2.45, 2.75) is 6.42 Å². The van der Waals surface area contributed by atoms with Crippen molar-refractivity contribution in [3.63, 3.8) is 0 Å². The Kier molecular flexibility index (Phi) is 3.48. The fourth-order valence-corrected chi connectivity index (χ4v) is 4.78. The molecular weight excluding hydrogens is 268 g/mol. The standard InChI is InChI=1S/C16H18O3Si/c1-17-20(18-2,19-3)14-8-9-16-13(11-14)10-12-6-4-5-7-15(12)16/h4-9,11H,10H2,1-3H3. The first kappa shape index (κ1) is 13.5. The summed E-state index contributed by atoms with van der Waals surface area (Å²) in [5.74, 6) is 0. The third-order valence-electron chi connectivity index (χ3n) is 3.95. The van der Waals surface area contributed by atoms with Crippen LogP contribution in [0.15, 0.2) is 42.5 Å². The Morgan fingerprint density at radius 1 is 0.800 bits per heavy atom. The first-order valence-corrected chi connectivity index (χ1v) is 8.33. The molecule has 4 heteroatoms. The lowest BCUT2D eigenvalue weighted by Gasteiger charge is -2.25. The molecule has 0 radical (unpaired) electrons. The molecule has 0 spiro atoms. The fraction of sp³-hybridized carbons (Fsp3) is 0.250. The van der Waals surface area contributed by atoms with Crippen LogP contribution in [-0.4, -0.2) is 30.1 Å². The van der Waals surface area contributed by atoms with Crippen LogP contribution < -0.4 is 5.19 Å². The Morgan fingerprint density at radius 2 is 1.45 bits per heavy atom. The van der Waals surface area contributed by atoms with Crippen molar-refractivity contribution in [3.8, 4) is 11.1 Å². The summed E-state index contributed by atoms with van der Waals surface area (Å²) in [5.41, 5.74) is 5.31. The molecule has 0 atom stereocenters. The highest BCUT2D eigenvalue weighted by molar-refractivity contribution is 6.75. The van der Waals surface area contributed by atoms with Gasteiger partial charge < -0.3 is 13.3 Å². The molecule has 1 aliphatic carbocycles. The van der Waals surface area contributed by atoms with Gasteiger partial charge in [-0.15, -0.1) is 0 Å². The van der Waals surface area contributed by atoms with E-state index in [9.17, 15) is 0 Å². The molecule has 0 amide bonds. The highest BCUT2D eigenvalue weighted by Gasteiger charge is 2.41. The molecule has 3 nitrogen and oxygen atoms in total. The van der Waals surface area contributed by atoms with Gasteiger partial charge in [0.1, 0.15) is 0 Å². The average Bonchev–Trinajstić information content (AvgIpc) is 2.87. The first-order valence-electron chi connectivity index (χ1n) is 6.61. The van der Waals surface area contributed by atoms with E-state index in [2.05, 4.69) is 42.5 Å². The predicted octanol–water partition coefficient (Wildman–Crippen LogP) is 2.34. The van der Waals surface area contributed by atoms with Gasteiger partial charge in [0.05, 0.1) is 0 Å². The van der Waals surface area contributed by atoms with Crippen molar-refractivity contribution in [1.29, 1.82) is 0 Å². The smallest absolute Gasteiger partial charge is 0.373 e. The van der Waals surface area contributed by atoms with E-state index in [4.69, 9.17) is 13.3 Å². The summed E-state index contributed by atoms with van der Waals surface area (Å²) in [5, 5.41) is 1.01. The van der Waals surface area contributed by atoms with Crippen LogP contribution in [0, 0.1) is 0 Å². The number of hydrogen-bond acceptors (Lipinski definition) is 3. The van der Waals surface area contributed by atoms with E-state index in [1.807, 2.05) is 0 Å².